The number of nitrogens with one attached hydrogen (secondary N) is 2. The summed E-state index contributed by atoms with van der Waals surface area (Å²) in [4.78, 5) is 14.4. The quantitative estimate of drug-likeness (QED) is 0.749. The van der Waals surface area contributed by atoms with E-state index in [4.69, 9.17) is 0 Å². The average molecular weight is 323 g/mol. The van der Waals surface area contributed by atoms with Crippen molar-refractivity contribution in [3.63, 3.8) is 0 Å². The number of benzene rings is 1. The largest absolute Gasteiger partial charge is 0.363 e. The smallest absolute Gasteiger partial charge is 0.224 e. The van der Waals surface area contributed by atoms with Crippen LogP contribution < -0.4 is 10.2 Å². The van der Waals surface area contributed by atoms with Gasteiger partial charge >= 0.3 is 0 Å². The number of aryl methyl sites for hydroxylation is 3. The van der Waals surface area contributed by atoms with Gasteiger partial charge in [-0.2, -0.15) is 4.98 Å². The first-order valence-electron chi connectivity index (χ1n) is 8.34. The molecule has 0 atom stereocenters. The van der Waals surface area contributed by atoms with Crippen LogP contribution in [-0.4, -0.2) is 29.0 Å². The van der Waals surface area contributed by atoms with Crippen LogP contribution in [0.3, 0.4) is 0 Å². The van der Waals surface area contributed by atoms with Gasteiger partial charge in [0.2, 0.25) is 5.95 Å². The van der Waals surface area contributed by atoms with Gasteiger partial charge in [0.05, 0.1) is 5.52 Å². The zero-order valence-electron chi connectivity index (χ0n) is 15.1. The molecule has 0 spiro atoms. The summed E-state index contributed by atoms with van der Waals surface area (Å²) in [6.07, 6.45) is 2.80. The van der Waals surface area contributed by atoms with Gasteiger partial charge in [-0.15, -0.1) is 0 Å². The van der Waals surface area contributed by atoms with Crippen LogP contribution in [0.1, 0.15) is 29.3 Å². The van der Waals surface area contributed by atoms with Crippen LogP contribution in [0.4, 0.5) is 11.8 Å². The molecule has 0 radical (unpaired) electrons. The molecule has 2 aromatic heterocycles. The second kappa shape index (κ2) is 6.51. The fourth-order valence-corrected chi connectivity index (χ4v) is 3.06. The van der Waals surface area contributed by atoms with E-state index in [1.165, 1.54) is 33.3 Å². The minimum absolute atomic E-state index is 0.648. The maximum atomic E-state index is 4.52. The summed E-state index contributed by atoms with van der Waals surface area (Å²) >= 11 is 0. The number of aromatic nitrogens is 3. The molecule has 3 aromatic rings. The van der Waals surface area contributed by atoms with Crippen LogP contribution in [-0.2, 0) is 13.0 Å². The number of rotatable bonds is 5. The highest BCUT2D eigenvalue weighted by Crippen LogP contribution is 2.27. The highest BCUT2D eigenvalue weighted by atomic mass is 15.2. The molecule has 0 amide bonds. The Labute approximate surface area is 143 Å². The third kappa shape index (κ3) is 3.07. The van der Waals surface area contributed by atoms with Crippen LogP contribution in [0.5, 0.6) is 0 Å². The molecule has 5 nitrogen and oxygen atoms in total. The summed E-state index contributed by atoms with van der Waals surface area (Å²) in [5.41, 5.74) is 6.39. The van der Waals surface area contributed by atoms with Crippen molar-refractivity contribution in [2.45, 2.75) is 33.7 Å². The lowest BCUT2D eigenvalue weighted by Gasteiger charge is -2.13. The van der Waals surface area contributed by atoms with Crippen LogP contribution in [0.15, 0.2) is 24.4 Å². The standard InChI is InChI=1S/C19H25N5/c1-6-16-13(3)15-10-12(2)9-14(18(15)22-16)11-21-19-20-8-7-17(23-19)24(4)5/h7-10,22H,6,11H2,1-5H3,(H,20,21,23). The summed E-state index contributed by atoms with van der Waals surface area (Å²) in [6, 6.07) is 6.38. The zero-order chi connectivity index (χ0) is 17.3. The Balaban J connectivity index is 1.91. The Morgan fingerprint density at radius 3 is 2.71 bits per heavy atom. The molecule has 0 aliphatic rings. The normalized spacial score (nSPS) is 11.0. The van der Waals surface area contributed by atoms with E-state index in [1.807, 2.05) is 25.1 Å². The molecule has 3 rings (SSSR count). The minimum atomic E-state index is 0.648. The number of nitrogens with zero attached hydrogens (tertiary/aromatic N) is 3. The summed E-state index contributed by atoms with van der Waals surface area (Å²) < 4.78 is 0. The Kier molecular flexibility index (Phi) is 4.42. The molecule has 0 bridgehead atoms. The van der Waals surface area contributed by atoms with Gasteiger partial charge in [-0.25, -0.2) is 4.98 Å². The lowest BCUT2D eigenvalue weighted by molar-refractivity contribution is 1.01. The van der Waals surface area contributed by atoms with Crippen molar-refractivity contribution in [3.8, 4) is 0 Å². The average Bonchev–Trinajstić information content (AvgIpc) is 2.89. The Morgan fingerprint density at radius 1 is 1.21 bits per heavy atom. The molecular formula is C19H25N5. The molecule has 5 heteroatoms. The first-order chi connectivity index (χ1) is 11.5. The number of hydrogen-bond donors (Lipinski definition) is 2. The van der Waals surface area contributed by atoms with Crippen LogP contribution >= 0.6 is 0 Å². The number of H-pyrrole nitrogens is 1. The van der Waals surface area contributed by atoms with Crippen molar-refractivity contribution in [2.75, 3.05) is 24.3 Å². The van der Waals surface area contributed by atoms with Crippen LogP contribution in [0.2, 0.25) is 0 Å². The minimum Gasteiger partial charge on any atom is -0.363 e. The van der Waals surface area contributed by atoms with Gasteiger partial charge in [-0.1, -0.05) is 18.6 Å². The van der Waals surface area contributed by atoms with E-state index in [1.54, 1.807) is 6.20 Å². The van der Waals surface area contributed by atoms with Gasteiger partial charge in [-0.05, 0) is 43.5 Å². The van der Waals surface area contributed by atoms with Gasteiger partial charge in [0.1, 0.15) is 5.82 Å². The second-order valence-electron chi connectivity index (χ2n) is 6.42. The fraction of sp³-hybridized carbons (Fsp3) is 0.368. The molecule has 126 valence electrons. The molecule has 0 aliphatic heterocycles. The van der Waals surface area contributed by atoms with Crippen LogP contribution in [0.25, 0.3) is 10.9 Å². The number of hydrogen-bond acceptors (Lipinski definition) is 4. The van der Waals surface area contributed by atoms with Gasteiger partial charge in [0.25, 0.3) is 0 Å². The maximum Gasteiger partial charge on any atom is 0.224 e. The number of fused-ring (bicyclic) bond motifs is 1. The SMILES string of the molecule is CCc1[nH]c2c(CNc3nccc(N(C)C)n3)cc(C)cc2c1C. The van der Waals surface area contributed by atoms with Crippen molar-refractivity contribution in [1.82, 2.24) is 15.0 Å². The Morgan fingerprint density at radius 2 is 2.00 bits per heavy atom. The monoisotopic (exact) mass is 323 g/mol. The molecule has 0 saturated heterocycles. The van der Waals surface area contributed by atoms with E-state index >= 15 is 0 Å². The molecule has 24 heavy (non-hydrogen) atoms. The van der Waals surface area contributed by atoms with Gasteiger partial charge in [0.15, 0.2) is 0 Å². The molecule has 0 aliphatic carbocycles. The maximum absolute atomic E-state index is 4.52. The fourth-order valence-electron chi connectivity index (χ4n) is 3.06. The molecule has 2 N–H and O–H groups in total. The topological polar surface area (TPSA) is 56.8 Å². The highest BCUT2D eigenvalue weighted by molar-refractivity contribution is 5.88. The Hall–Kier alpha value is -2.56. The predicted octanol–water partition coefficient (Wildman–Crippen LogP) is 3.82. The van der Waals surface area contributed by atoms with Crippen molar-refractivity contribution in [1.29, 1.82) is 0 Å². The summed E-state index contributed by atoms with van der Waals surface area (Å²) in [5, 5.41) is 4.67. The van der Waals surface area contributed by atoms with Crippen LogP contribution in [0, 0.1) is 13.8 Å². The van der Waals surface area contributed by atoms with E-state index in [9.17, 15) is 0 Å². The van der Waals surface area contributed by atoms with Gasteiger partial charge in [-0.3, -0.25) is 0 Å². The predicted molar refractivity (Wildman–Crippen MR) is 101 cm³/mol. The third-order valence-corrected chi connectivity index (χ3v) is 4.39. The molecule has 0 fully saturated rings. The second-order valence-corrected chi connectivity index (χ2v) is 6.42. The van der Waals surface area contributed by atoms with E-state index in [-0.39, 0.29) is 0 Å². The van der Waals surface area contributed by atoms with E-state index in [2.05, 4.69) is 53.2 Å². The zero-order valence-corrected chi connectivity index (χ0v) is 15.1. The van der Waals surface area contributed by atoms with Crippen molar-refractivity contribution in [2.24, 2.45) is 0 Å². The van der Waals surface area contributed by atoms with Crippen molar-refractivity contribution < 1.29 is 0 Å². The summed E-state index contributed by atoms with van der Waals surface area (Å²) in [7, 11) is 3.95. The van der Waals surface area contributed by atoms with Crippen molar-refractivity contribution in [3.05, 3.63) is 46.8 Å². The summed E-state index contributed by atoms with van der Waals surface area (Å²) in [6.45, 7) is 7.21. The highest BCUT2D eigenvalue weighted by Gasteiger charge is 2.11. The molecule has 1 aromatic carbocycles. The van der Waals surface area contributed by atoms with E-state index < -0.39 is 0 Å². The first-order valence-corrected chi connectivity index (χ1v) is 8.34. The lowest BCUT2D eigenvalue weighted by Crippen LogP contribution is -2.12. The van der Waals surface area contributed by atoms with Gasteiger partial charge < -0.3 is 15.2 Å². The first kappa shape index (κ1) is 16.3. The molecule has 2 heterocycles. The molecular weight excluding hydrogens is 298 g/mol. The molecule has 0 unspecified atom stereocenters. The van der Waals surface area contributed by atoms with Gasteiger partial charge in [0, 0.05) is 37.9 Å². The number of anilines is 2. The van der Waals surface area contributed by atoms with Crippen molar-refractivity contribution >= 4 is 22.7 Å². The summed E-state index contributed by atoms with van der Waals surface area (Å²) in [5.74, 6) is 1.54. The third-order valence-electron chi connectivity index (χ3n) is 4.39. The van der Waals surface area contributed by atoms with E-state index in [0.717, 1.165) is 12.2 Å². The number of aromatic amines is 1. The molecule has 0 saturated carbocycles. The lowest BCUT2D eigenvalue weighted by atomic mass is 10.0. The van der Waals surface area contributed by atoms with E-state index in [0.29, 0.717) is 12.5 Å². The Bertz CT molecular complexity index is 864.